The number of benzene rings is 1. The molecule has 1 aromatic rings. The summed E-state index contributed by atoms with van der Waals surface area (Å²) in [4.78, 5) is 0. The SMILES string of the molecule is COc1ccc([C@H](N)CN)cc1CCl. The second-order valence-electron chi connectivity index (χ2n) is 3.05. The second kappa shape index (κ2) is 5.20. The van der Waals surface area contributed by atoms with Crippen molar-refractivity contribution in [2.75, 3.05) is 13.7 Å². The first-order valence-electron chi connectivity index (χ1n) is 4.41. The Bertz CT molecular complexity index is 304. The molecule has 3 nitrogen and oxygen atoms in total. The van der Waals surface area contributed by atoms with Crippen molar-refractivity contribution in [3.63, 3.8) is 0 Å². The maximum absolute atomic E-state index is 5.80. The highest BCUT2D eigenvalue weighted by Crippen LogP contribution is 2.23. The number of methoxy groups -OCH3 is 1. The van der Waals surface area contributed by atoms with Crippen LogP contribution in [-0.2, 0) is 5.88 Å². The van der Waals surface area contributed by atoms with Crippen LogP contribution in [0.3, 0.4) is 0 Å². The minimum absolute atomic E-state index is 0.136. The van der Waals surface area contributed by atoms with Crippen molar-refractivity contribution in [1.82, 2.24) is 0 Å². The lowest BCUT2D eigenvalue weighted by molar-refractivity contribution is 0.411. The number of ether oxygens (including phenoxy) is 1. The lowest BCUT2D eigenvalue weighted by Gasteiger charge is -2.12. The van der Waals surface area contributed by atoms with Crippen molar-refractivity contribution in [2.45, 2.75) is 11.9 Å². The summed E-state index contributed by atoms with van der Waals surface area (Å²) >= 11 is 5.78. The zero-order valence-corrected chi connectivity index (χ0v) is 8.92. The Balaban J connectivity index is 3.01. The molecule has 1 rings (SSSR count). The van der Waals surface area contributed by atoms with Crippen molar-refractivity contribution in [1.29, 1.82) is 0 Å². The average Bonchev–Trinajstić information content (AvgIpc) is 2.26. The largest absolute Gasteiger partial charge is 0.496 e. The van der Waals surface area contributed by atoms with E-state index in [-0.39, 0.29) is 6.04 Å². The topological polar surface area (TPSA) is 61.3 Å². The standard InChI is InChI=1S/C10H15ClN2O/c1-14-10-3-2-7(9(13)6-12)4-8(10)5-11/h2-4,9H,5-6,12-13H2,1H3/t9-/m1/s1. The Hall–Kier alpha value is -0.770. The van der Waals surface area contributed by atoms with Gasteiger partial charge in [-0.2, -0.15) is 0 Å². The van der Waals surface area contributed by atoms with E-state index in [4.69, 9.17) is 27.8 Å². The zero-order valence-electron chi connectivity index (χ0n) is 8.16. The van der Waals surface area contributed by atoms with Gasteiger partial charge >= 0.3 is 0 Å². The summed E-state index contributed by atoms with van der Waals surface area (Å²) in [6.07, 6.45) is 0. The fourth-order valence-electron chi connectivity index (χ4n) is 1.27. The van der Waals surface area contributed by atoms with E-state index in [9.17, 15) is 0 Å². The van der Waals surface area contributed by atoms with Gasteiger partial charge in [0.15, 0.2) is 0 Å². The molecule has 0 aliphatic rings. The highest BCUT2D eigenvalue weighted by atomic mass is 35.5. The summed E-state index contributed by atoms with van der Waals surface area (Å²) in [5, 5.41) is 0. The molecule has 0 saturated carbocycles. The molecule has 78 valence electrons. The van der Waals surface area contributed by atoms with Crippen LogP contribution in [0.4, 0.5) is 0 Å². The van der Waals surface area contributed by atoms with Gasteiger partial charge in [0.05, 0.1) is 13.0 Å². The second-order valence-corrected chi connectivity index (χ2v) is 3.31. The third-order valence-corrected chi connectivity index (χ3v) is 2.42. The minimum atomic E-state index is -0.136. The van der Waals surface area contributed by atoms with Crippen molar-refractivity contribution in [3.8, 4) is 5.75 Å². The van der Waals surface area contributed by atoms with E-state index < -0.39 is 0 Å². The van der Waals surface area contributed by atoms with E-state index in [0.29, 0.717) is 12.4 Å². The highest BCUT2D eigenvalue weighted by Gasteiger charge is 2.07. The molecule has 4 heteroatoms. The molecule has 1 aromatic carbocycles. The van der Waals surface area contributed by atoms with E-state index in [1.807, 2.05) is 18.2 Å². The van der Waals surface area contributed by atoms with Crippen LogP contribution in [0.25, 0.3) is 0 Å². The number of alkyl halides is 1. The van der Waals surface area contributed by atoms with E-state index in [1.54, 1.807) is 7.11 Å². The summed E-state index contributed by atoms with van der Waals surface area (Å²) in [5.41, 5.74) is 13.2. The molecule has 0 unspecified atom stereocenters. The van der Waals surface area contributed by atoms with Crippen LogP contribution in [-0.4, -0.2) is 13.7 Å². The predicted octanol–water partition coefficient (Wildman–Crippen LogP) is 1.39. The van der Waals surface area contributed by atoms with Gasteiger partial charge in [0.25, 0.3) is 0 Å². The quantitative estimate of drug-likeness (QED) is 0.745. The monoisotopic (exact) mass is 214 g/mol. The third kappa shape index (κ3) is 2.38. The number of nitrogens with two attached hydrogens (primary N) is 2. The lowest BCUT2D eigenvalue weighted by atomic mass is 10.0. The van der Waals surface area contributed by atoms with Crippen molar-refractivity contribution in [2.24, 2.45) is 11.5 Å². The highest BCUT2D eigenvalue weighted by molar-refractivity contribution is 6.17. The summed E-state index contributed by atoms with van der Waals surface area (Å²) in [6.45, 7) is 0.425. The molecule has 14 heavy (non-hydrogen) atoms. The maximum Gasteiger partial charge on any atom is 0.123 e. The van der Waals surface area contributed by atoms with Crippen LogP contribution in [0.15, 0.2) is 18.2 Å². The normalized spacial score (nSPS) is 12.6. The van der Waals surface area contributed by atoms with Gasteiger partial charge in [0, 0.05) is 18.2 Å². The summed E-state index contributed by atoms with van der Waals surface area (Å²) in [6, 6.07) is 5.57. The molecule has 0 aromatic heterocycles. The number of rotatable bonds is 4. The van der Waals surface area contributed by atoms with Crippen LogP contribution >= 0.6 is 11.6 Å². The Morgan fingerprint density at radius 2 is 2.21 bits per heavy atom. The molecule has 0 amide bonds. The summed E-state index contributed by atoms with van der Waals surface area (Å²) in [7, 11) is 1.62. The van der Waals surface area contributed by atoms with Gasteiger partial charge in [0.2, 0.25) is 0 Å². The molecule has 4 N–H and O–H groups in total. The fraction of sp³-hybridized carbons (Fsp3) is 0.400. The van der Waals surface area contributed by atoms with Gasteiger partial charge in [-0.1, -0.05) is 6.07 Å². The van der Waals surface area contributed by atoms with Gasteiger partial charge in [-0.15, -0.1) is 11.6 Å². The van der Waals surface area contributed by atoms with Gasteiger partial charge in [0.1, 0.15) is 5.75 Å². The molecule has 0 heterocycles. The van der Waals surface area contributed by atoms with Crippen molar-refractivity contribution < 1.29 is 4.74 Å². The number of hydrogen-bond acceptors (Lipinski definition) is 3. The van der Waals surface area contributed by atoms with Crippen molar-refractivity contribution in [3.05, 3.63) is 29.3 Å². The summed E-state index contributed by atoms with van der Waals surface area (Å²) in [5.74, 6) is 1.20. The minimum Gasteiger partial charge on any atom is -0.496 e. The van der Waals surface area contributed by atoms with Crippen molar-refractivity contribution >= 4 is 11.6 Å². The van der Waals surface area contributed by atoms with E-state index in [2.05, 4.69) is 0 Å². The van der Waals surface area contributed by atoms with Crippen LogP contribution in [0, 0.1) is 0 Å². The molecule has 0 radical (unpaired) electrons. The first-order chi connectivity index (χ1) is 6.72. The van der Waals surface area contributed by atoms with Gasteiger partial charge in [-0.25, -0.2) is 0 Å². The molecule has 0 bridgehead atoms. The molecule has 0 fully saturated rings. The maximum atomic E-state index is 5.80. The molecular formula is C10H15ClN2O. The third-order valence-electron chi connectivity index (χ3n) is 2.13. The lowest BCUT2D eigenvalue weighted by Crippen LogP contribution is -2.20. The Kier molecular flexibility index (Phi) is 4.20. The van der Waals surface area contributed by atoms with Gasteiger partial charge in [-0.05, 0) is 17.7 Å². The Labute approximate surface area is 89.0 Å². The van der Waals surface area contributed by atoms with Crippen LogP contribution in [0.1, 0.15) is 17.2 Å². The van der Waals surface area contributed by atoms with Gasteiger partial charge < -0.3 is 16.2 Å². The van der Waals surface area contributed by atoms with Crippen LogP contribution < -0.4 is 16.2 Å². The van der Waals surface area contributed by atoms with Crippen LogP contribution in [0.2, 0.25) is 0 Å². The molecule has 0 spiro atoms. The molecule has 0 aliphatic heterocycles. The Morgan fingerprint density at radius 1 is 1.50 bits per heavy atom. The van der Waals surface area contributed by atoms with E-state index >= 15 is 0 Å². The molecule has 0 saturated heterocycles. The van der Waals surface area contributed by atoms with Gasteiger partial charge in [-0.3, -0.25) is 0 Å². The molecule has 1 atom stereocenters. The van der Waals surface area contributed by atoms with E-state index in [1.165, 1.54) is 0 Å². The average molecular weight is 215 g/mol. The fourth-order valence-corrected chi connectivity index (χ4v) is 1.48. The zero-order chi connectivity index (χ0) is 10.6. The van der Waals surface area contributed by atoms with Crippen LogP contribution in [0.5, 0.6) is 5.75 Å². The molecule has 0 aliphatic carbocycles. The smallest absolute Gasteiger partial charge is 0.123 e. The first kappa shape index (κ1) is 11.3. The van der Waals surface area contributed by atoms with E-state index in [0.717, 1.165) is 16.9 Å². The number of hydrogen-bond donors (Lipinski definition) is 2. The number of halogens is 1. The molecular weight excluding hydrogens is 200 g/mol. The predicted molar refractivity (Wildman–Crippen MR) is 58.5 cm³/mol. The first-order valence-corrected chi connectivity index (χ1v) is 4.94. The Morgan fingerprint density at radius 3 is 2.71 bits per heavy atom. The summed E-state index contributed by atoms with van der Waals surface area (Å²) < 4.78 is 5.15.